The predicted octanol–water partition coefficient (Wildman–Crippen LogP) is 3.38. The highest BCUT2D eigenvalue weighted by Crippen LogP contribution is 2.21. The summed E-state index contributed by atoms with van der Waals surface area (Å²) in [5.41, 5.74) is 3.03. The molecule has 0 aliphatic rings. The molecule has 2 aromatic rings. The first-order valence-electron chi connectivity index (χ1n) is 4.93. The zero-order chi connectivity index (χ0) is 11.4. The van der Waals surface area contributed by atoms with E-state index >= 15 is 0 Å². The second-order valence-corrected chi connectivity index (χ2v) is 4.01. The first-order valence-corrected chi connectivity index (χ1v) is 6.05. The van der Waals surface area contributed by atoms with Crippen LogP contribution in [-0.4, -0.2) is 12.3 Å². The molecule has 0 fully saturated rings. The average molecular weight is 282 g/mol. The molecular formula is C12H12BrNO2. The van der Waals surface area contributed by atoms with E-state index in [1.165, 1.54) is 0 Å². The number of nitrogens with zero attached hydrogens (tertiary/aromatic N) is 1. The van der Waals surface area contributed by atoms with Crippen molar-refractivity contribution in [3.05, 3.63) is 41.7 Å². The van der Waals surface area contributed by atoms with Gasteiger partial charge in [-0.3, -0.25) is 0 Å². The first kappa shape index (κ1) is 11.4. The highest BCUT2D eigenvalue weighted by molar-refractivity contribution is 9.08. The summed E-state index contributed by atoms with van der Waals surface area (Å²) < 4.78 is 10.2. The quantitative estimate of drug-likeness (QED) is 0.806. The van der Waals surface area contributed by atoms with Gasteiger partial charge < -0.3 is 9.26 Å². The summed E-state index contributed by atoms with van der Waals surface area (Å²) >= 11 is 3.33. The van der Waals surface area contributed by atoms with E-state index in [1.54, 1.807) is 7.11 Å². The molecule has 0 aliphatic heterocycles. The number of methoxy groups -OCH3 is 1. The van der Waals surface area contributed by atoms with E-state index in [-0.39, 0.29) is 0 Å². The number of hydrogen-bond donors (Lipinski definition) is 0. The van der Waals surface area contributed by atoms with E-state index in [4.69, 9.17) is 9.26 Å². The monoisotopic (exact) mass is 281 g/mol. The van der Waals surface area contributed by atoms with Crippen LogP contribution >= 0.6 is 15.9 Å². The summed E-state index contributed by atoms with van der Waals surface area (Å²) in [5.74, 6) is 0.826. The molecule has 0 radical (unpaired) electrons. The lowest BCUT2D eigenvalue weighted by Crippen LogP contribution is -1.87. The zero-order valence-electron chi connectivity index (χ0n) is 8.94. The zero-order valence-corrected chi connectivity index (χ0v) is 10.5. The Hall–Kier alpha value is -1.13. The fraction of sp³-hybridized carbons (Fsp3) is 0.250. The Kier molecular flexibility index (Phi) is 3.74. The van der Waals surface area contributed by atoms with Crippen molar-refractivity contribution < 1.29 is 9.26 Å². The van der Waals surface area contributed by atoms with E-state index in [0.717, 1.165) is 22.6 Å². The van der Waals surface area contributed by atoms with Crippen molar-refractivity contribution in [1.82, 2.24) is 5.16 Å². The van der Waals surface area contributed by atoms with Crippen molar-refractivity contribution in [2.45, 2.75) is 11.9 Å². The largest absolute Gasteiger partial charge is 0.380 e. The fourth-order valence-electron chi connectivity index (χ4n) is 1.50. The molecule has 0 unspecified atom stereocenters. The molecule has 0 saturated heterocycles. The molecule has 1 heterocycles. The summed E-state index contributed by atoms with van der Waals surface area (Å²) in [4.78, 5) is 0. The summed E-state index contributed by atoms with van der Waals surface area (Å²) in [6, 6.07) is 10.0. The molecule has 0 spiro atoms. The molecule has 0 N–H and O–H groups in total. The Morgan fingerprint density at radius 1 is 1.38 bits per heavy atom. The topological polar surface area (TPSA) is 35.3 Å². The Morgan fingerprint density at radius 2 is 2.25 bits per heavy atom. The first-order chi connectivity index (χ1) is 7.83. The standard InChI is InChI=1S/C12H12BrNO2/c1-15-8-9-3-2-4-10(5-9)12-6-11(7-13)16-14-12/h2-6H,7-8H2,1H3. The average Bonchev–Trinajstić information content (AvgIpc) is 2.78. The van der Waals surface area contributed by atoms with Gasteiger partial charge in [0.1, 0.15) is 11.5 Å². The molecule has 4 heteroatoms. The smallest absolute Gasteiger partial charge is 0.147 e. The van der Waals surface area contributed by atoms with E-state index < -0.39 is 0 Å². The van der Waals surface area contributed by atoms with Gasteiger partial charge in [0.15, 0.2) is 0 Å². The maximum atomic E-state index is 5.14. The van der Waals surface area contributed by atoms with Crippen LogP contribution in [0.4, 0.5) is 0 Å². The number of halogens is 1. The Morgan fingerprint density at radius 3 is 2.94 bits per heavy atom. The van der Waals surface area contributed by atoms with Crippen molar-refractivity contribution in [3.63, 3.8) is 0 Å². The van der Waals surface area contributed by atoms with E-state index in [0.29, 0.717) is 11.9 Å². The third-order valence-electron chi connectivity index (χ3n) is 2.22. The van der Waals surface area contributed by atoms with E-state index in [1.807, 2.05) is 24.3 Å². The number of hydrogen-bond acceptors (Lipinski definition) is 3. The van der Waals surface area contributed by atoms with Gasteiger partial charge in [-0.05, 0) is 11.6 Å². The lowest BCUT2D eigenvalue weighted by atomic mass is 10.1. The SMILES string of the molecule is COCc1cccc(-c2cc(CBr)on2)c1. The lowest BCUT2D eigenvalue weighted by molar-refractivity contribution is 0.185. The third kappa shape index (κ3) is 2.51. The van der Waals surface area contributed by atoms with Gasteiger partial charge in [0.2, 0.25) is 0 Å². The van der Waals surface area contributed by atoms with Gasteiger partial charge in [0.25, 0.3) is 0 Å². The van der Waals surface area contributed by atoms with Crippen LogP contribution in [-0.2, 0) is 16.7 Å². The summed E-state index contributed by atoms with van der Waals surface area (Å²) in [6.07, 6.45) is 0. The van der Waals surface area contributed by atoms with Crippen LogP contribution in [0.15, 0.2) is 34.9 Å². The molecule has 84 valence electrons. The molecule has 3 nitrogen and oxygen atoms in total. The molecule has 0 aliphatic carbocycles. The predicted molar refractivity (Wildman–Crippen MR) is 65.3 cm³/mol. The van der Waals surface area contributed by atoms with Gasteiger partial charge in [0, 0.05) is 18.7 Å². The van der Waals surface area contributed by atoms with Crippen molar-refractivity contribution in [2.75, 3.05) is 7.11 Å². The highest BCUT2D eigenvalue weighted by atomic mass is 79.9. The molecule has 0 amide bonds. The molecule has 2 rings (SSSR count). The van der Waals surface area contributed by atoms with Crippen molar-refractivity contribution >= 4 is 15.9 Å². The van der Waals surface area contributed by atoms with E-state index in [9.17, 15) is 0 Å². The van der Waals surface area contributed by atoms with Gasteiger partial charge >= 0.3 is 0 Å². The Bertz CT molecular complexity index is 468. The van der Waals surface area contributed by atoms with Crippen LogP contribution in [0.5, 0.6) is 0 Å². The second kappa shape index (κ2) is 5.27. The van der Waals surface area contributed by atoms with Gasteiger partial charge in [-0.2, -0.15) is 0 Å². The Balaban J connectivity index is 2.28. The van der Waals surface area contributed by atoms with Crippen molar-refractivity contribution in [1.29, 1.82) is 0 Å². The van der Waals surface area contributed by atoms with Gasteiger partial charge in [-0.25, -0.2) is 0 Å². The normalized spacial score (nSPS) is 10.6. The van der Waals surface area contributed by atoms with Crippen molar-refractivity contribution in [3.8, 4) is 11.3 Å². The molecule has 1 aromatic carbocycles. The number of aromatic nitrogens is 1. The minimum Gasteiger partial charge on any atom is -0.380 e. The number of rotatable bonds is 4. The fourth-order valence-corrected chi connectivity index (χ4v) is 1.76. The number of alkyl halides is 1. The van der Waals surface area contributed by atoms with Gasteiger partial charge in [-0.1, -0.05) is 39.3 Å². The van der Waals surface area contributed by atoms with Crippen LogP contribution < -0.4 is 0 Å². The van der Waals surface area contributed by atoms with Crippen LogP contribution in [0.3, 0.4) is 0 Å². The molecular weight excluding hydrogens is 270 g/mol. The number of benzene rings is 1. The summed E-state index contributed by atoms with van der Waals surface area (Å²) in [6.45, 7) is 0.608. The van der Waals surface area contributed by atoms with E-state index in [2.05, 4.69) is 27.2 Å². The van der Waals surface area contributed by atoms with Gasteiger partial charge in [-0.15, -0.1) is 0 Å². The highest BCUT2D eigenvalue weighted by Gasteiger charge is 2.05. The molecule has 0 bridgehead atoms. The summed E-state index contributed by atoms with van der Waals surface area (Å²) in [5, 5.41) is 4.69. The van der Waals surface area contributed by atoms with Crippen LogP contribution in [0.25, 0.3) is 11.3 Å². The van der Waals surface area contributed by atoms with Crippen LogP contribution in [0, 0.1) is 0 Å². The number of ether oxygens (including phenoxy) is 1. The lowest BCUT2D eigenvalue weighted by Gasteiger charge is -2.01. The third-order valence-corrected chi connectivity index (χ3v) is 2.78. The van der Waals surface area contributed by atoms with Crippen LogP contribution in [0.1, 0.15) is 11.3 Å². The minimum atomic E-state index is 0.608. The maximum Gasteiger partial charge on any atom is 0.147 e. The van der Waals surface area contributed by atoms with Gasteiger partial charge in [0.05, 0.1) is 11.9 Å². The minimum absolute atomic E-state index is 0.608. The molecule has 0 saturated carbocycles. The Labute approximate surface area is 103 Å². The summed E-state index contributed by atoms with van der Waals surface area (Å²) in [7, 11) is 1.69. The second-order valence-electron chi connectivity index (χ2n) is 3.45. The molecule has 1 aromatic heterocycles. The molecule has 16 heavy (non-hydrogen) atoms. The van der Waals surface area contributed by atoms with Crippen LogP contribution in [0.2, 0.25) is 0 Å². The maximum absolute atomic E-state index is 5.14. The molecule has 0 atom stereocenters. The van der Waals surface area contributed by atoms with Crippen molar-refractivity contribution in [2.24, 2.45) is 0 Å².